The van der Waals surface area contributed by atoms with Crippen LogP contribution in [0, 0.1) is 0 Å². The minimum Gasteiger partial charge on any atom is -0.468 e. The summed E-state index contributed by atoms with van der Waals surface area (Å²) < 4.78 is 11.1. The molecular weight excluding hydrogens is 382 g/mol. The lowest BCUT2D eigenvalue weighted by atomic mass is 10.2. The third-order valence-corrected chi connectivity index (χ3v) is 4.58. The summed E-state index contributed by atoms with van der Waals surface area (Å²) in [6.07, 6.45) is 1.57. The number of amides is 1. The summed E-state index contributed by atoms with van der Waals surface area (Å²) in [5, 5.41) is 8.69. The molecule has 0 unspecified atom stereocenters. The minimum atomic E-state index is -0.682. The minimum absolute atomic E-state index is 0.243. The van der Waals surface area contributed by atoms with Crippen molar-refractivity contribution in [3.63, 3.8) is 0 Å². The van der Waals surface area contributed by atoms with Crippen LogP contribution in [0.3, 0.4) is 0 Å². The number of methoxy groups -OCH3 is 1. The van der Waals surface area contributed by atoms with E-state index in [4.69, 9.17) is 4.74 Å². The van der Waals surface area contributed by atoms with Gasteiger partial charge in [0.05, 0.1) is 17.7 Å². The van der Waals surface area contributed by atoms with Crippen molar-refractivity contribution in [3.05, 3.63) is 59.6 Å². The molecule has 0 spiro atoms. The molecule has 0 aliphatic carbocycles. The van der Waals surface area contributed by atoms with E-state index in [1.807, 2.05) is 47.8 Å². The van der Waals surface area contributed by atoms with Gasteiger partial charge in [0, 0.05) is 6.20 Å². The summed E-state index contributed by atoms with van der Waals surface area (Å²) in [6, 6.07) is 13.0. The standard InChI is InChI=1S/C19H17N3O5S/c1-26-17(24)10-20-16(23)12-27-19(25)14-11-22(13-6-3-2-4-7-13)21-18(14)15-8-5-9-28-15/h2-9,11H,10,12H2,1H3,(H,20,23). The van der Waals surface area contributed by atoms with Gasteiger partial charge in [-0.1, -0.05) is 24.3 Å². The largest absolute Gasteiger partial charge is 0.468 e. The summed E-state index contributed by atoms with van der Waals surface area (Å²) in [5.74, 6) is -1.88. The number of benzene rings is 1. The van der Waals surface area contributed by atoms with Gasteiger partial charge in [0.1, 0.15) is 17.8 Å². The predicted molar refractivity (Wildman–Crippen MR) is 102 cm³/mol. The highest BCUT2D eigenvalue weighted by molar-refractivity contribution is 7.13. The van der Waals surface area contributed by atoms with Crippen LogP contribution in [0.5, 0.6) is 0 Å². The fourth-order valence-corrected chi connectivity index (χ4v) is 3.06. The van der Waals surface area contributed by atoms with Gasteiger partial charge < -0.3 is 14.8 Å². The Morgan fingerprint density at radius 1 is 1.14 bits per heavy atom. The number of esters is 2. The number of ether oxygens (including phenoxy) is 2. The van der Waals surface area contributed by atoms with Crippen molar-refractivity contribution in [2.24, 2.45) is 0 Å². The zero-order valence-electron chi connectivity index (χ0n) is 15.0. The van der Waals surface area contributed by atoms with Crippen molar-refractivity contribution in [2.45, 2.75) is 0 Å². The van der Waals surface area contributed by atoms with E-state index in [2.05, 4.69) is 15.2 Å². The molecular formula is C19H17N3O5S. The second kappa shape index (κ2) is 8.96. The molecule has 1 amide bonds. The van der Waals surface area contributed by atoms with Crippen molar-refractivity contribution in [1.82, 2.24) is 15.1 Å². The van der Waals surface area contributed by atoms with Crippen molar-refractivity contribution >= 4 is 29.2 Å². The first-order chi connectivity index (χ1) is 13.6. The van der Waals surface area contributed by atoms with Gasteiger partial charge >= 0.3 is 11.9 Å². The number of rotatable bonds is 7. The molecule has 1 aromatic carbocycles. The van der Waals surface area contributed by atoms with Crippen LogP contribution in [0.4, 0.5) is 0 Å². The van der Waals surface area contributed by atoms with Gasteiger partial charge in [-0.05, 0) is 23.6 Å². The van der Waals surface area contributed by atoms with E-state index in [1.165, 1.54) is 18.4 Å². The van der Waals surface area contributed by atoms with Crippen LogP contribution in [0.15, 0.2) is 54.0 Å². The molecule has 8 nitrogen and oxygen atoms in total. The second-order valence-electron chi connectivity index (χ2n) is 5.58. The van der Waals surface area contributed by atoms with Gasteiger partial charge in [0.15, 0.2) is 6.61 Å². The molecule has 3 rings (SSSR count). The first-order valence-corrected chi connectivity index (χ1v) is 9.16. The normalized spacial score (nSPS) is 10.3. The molecule has 0 saturated carbocycles. The van der Waals surface area contributed by atoms with Gasteiger partial charge in [-0.15, -0.1) is 11.3 Å². The van der Waals surface area contributed by atoms with Gasteiger partial charge in [-0.25, -0.2) is 9.48 Å². The van der Waals surface area contributed by atoms with Crippen molar-refractivity contribution in [2.75, 3.05) is 20.3 Å². The van der Waals surface area contributed by atoms with E-state index in [-0.39, 0.29) is 12.1 Å². The maximum absolute atomic E-state index is 12.6. The molecule has 28 heavy (non-hydrogen) atoms. The van der Waals surface area contributed by atoms with Crippen LogP contribution >= 0.6 is 11.3 Å². The average Bonchev–Trinajstić information content (AvgIpc) is 3.40. The lowest BCUT2D eigenvalue weighted by Crippen LogP contribution is -2.33. The second-order valence-corrected chi connectivity index (χ2v) is 6.53. The molecule has 0 aliphatic heterocycles. The van der Waals surface area contributed by atoms with Crippen molar-refractivity contribution in [1.29, 1.82) is 0 Å². The molecule has 2 aromatic heterocycles. The fraction of sp³-hybridized carbons (Fsp3) is 0.158. The molecule has 144 valence electrons. The number of aromatic nitrogens is 2. The SMILES string of the molecule is COC(=O)CNC(=O)COC(=O)c1cn(-c2ccccc2)nc1-c1cccs1. The van der Waals surface area contributed by atoms with Crippen LogP contribution < -0.4 is 5.32 Å². The van der Waals surface area contributed by atoms with Crippen LogP contribution in [-0.4, -0.2) is 47.9 Å². The first kappa shape index (κ1) is 19.3. The highest BCUT2D eigenvalue weighted by Gasteiger charge is 2.21. The maximum atomic E-state index is 12.6. The summed E-state index contributed by atoms with van der Waals surface area (Å²) in [4.78, 5) is 36.1. The number of para-hydroxylation sites is 1. The van der Waals surface area contributed by atoms with Crippen LogP contribution in [0.1, 0.15) is 10.4 Å². The number of hydrogen-bond acceptors (Lipinski definition) is 7. The number of nitrogens with one attached hydrogen (secondary N) is 1. The molecule has 2 heterocycles. The molecule has 0 bridgehead atoms. The highest BCUT2D eigenvalue weighted by atomic mass is 32.1. The third kappa shape index (κ3) is 4.63. The van der Waals surface area contributed by atoms with Crippen LogP contribution in [-0.2, 0) is 19.1 Å². The molecule has 0 saturated heterocycles. The van der Waals surface area contributed by atoms with E-state index in [0.29, 0.717) is 5.69 Å². The highest BCUT2D eigenvalue weighted by Crippen LogP contribution is 2.28. The van der Waals surface area contributed by atoms with Gasteiger partial charge in [0.2, 0.25) is 0 Å². The Balaban J connectivity index is 1.76. The summed E-state index contributed by atoms with van der Waals surface area (Å²) in [5.41, 5.74) is 1.50. The Labute approximate surface area is 164 Å². The zero-order chi connectivity index (χ0) is 19.9. The molecule has 0 atom stereocenters. The maximum Gasteiger partial charge on any atom is 0.342 e. The summed E-state index contributed by atoms with van der Waals surface area (Å²) in [7, 11) is 1.21. The Morgan fingerprint density at radius 3 is 2.61 bits per heavy atom. The van der Waals surface area contributed by atoms with E-state index in [1.54, 1.807) is 10.9 Å². The monoisotopic (exact) mass is 399 g/mol. The zero-order valence-corrected chi connectivity index (χ0v) is 15.8. The number of thiophene rings is 1. The molecule has 1 N–H and O–H groups in total. The van der Waals surface area contributed by atoms with Crippen LogP contribution in [0.25, 0.3) is 16.3 Å². The topological polar surface area (TPSA) is 99.5 Å². The van der Waals surface area contributed by atoms with Crippen molar-refractivity contribution < 1.29 is 23.9 Å². The average molecular weight is 399 g/mol. The van der Waals surface area contributed by atoms with E-state index < -0.39 is 24.5 Å². The van der Waals surface area contributed by atoms with Gasteiger partial charge in [0.25, 0.3) is 5.91 Å². The number of carbonyl (C=O) groups is 3. The lowest BCUT2D eigenvalue weighted by Gasteiger charge is -2.05. The van der Waals surface area contributed by atoms with E-state index in [0.717, 1.165) is 10.6 Å². The quantitative estimate of drug-likeness (QED) is 0.611. The molecule has 0 fully saturated rings. The van der Waals surface area contributed by atoms with E-state index in [9.17, 15) is 14.4 Å². The summed E-state index contributed by atoms with van der Waals surface area (Å²) in [6.45, 7) is -0.810. The Hall–Kier alpha value is -3.46. The van der Waals surface area contributed by atoms with Gasteiger partial charge in [-0.2, -0.15) is 5.10 Å². The van der Waals surface area contributed by atoms with E-state index >= 15 is 0 Å². The Bertz CT molecular complexity index is 967. The van der Waals surface area contributed by atoms with Crippen LogP contribution in [0.2, 0.25) is 0 Å². The molecule has 9 heteroatoms. The third-order valence-electron chi connectivity index (χ3n) is 3.70. The number of carbonyl (C=O) groups excluding carboxylic acids is 3. The number of nitrogens with zero attached hydrogens (tertiary/aromatic N) is 2. The Morgan fingerprint density at radius 2 is 1.93 bits per heavy atom. The fourth-order valence-electron chi connectivity index (χ4n) is 2.33. The Kier molecular flexibility index (Phi) is 6.18. The molecule has 0 aliphatic rings. The summed E-state index contributed by atoms with van der Waals surface area (Å²) >= 11 is 1.44. The lowest BCUT2D eigenvalue weighted by molar-refractivity contribution is -0.141. The molecule has 3 aromatic rings. The predicted octanol–water partition coefficient (Wildman–Crippen LogP) is 2.05. The van der Waals surface area contributed by atoms with Crippen molar-refractivity contribution in [3.8, 4) is 16.3 Å². The smallest absolute Gasteiger partial charge is 0.342 e. The first-order valence-electron chi connectivity index (χ1n) is 8.28. The van der Waals surface area contributed by atoms with Gasteiger partial charge in [-0.3, -0.25) is 9.59 Å². The molecule has 0 radical (unpaired) electrons. The number of hydrogen-bond donors (Lipinski definition) is 1.